The van der Waals surface area contributed by atoms with Gasteiger partial charge in [-0.2, -0.15) is 5.10 Å². The monoisotopic (exact) mass is 393 g/mol. The number of carbonyl (C=O) groups excluding carboxylic acids is 2. The second-order valence-corrected chi connectivity index (χ2v) is 6.78. The van der Waals surface area contributed by atoms with Gasteiger partial charge < -0.3 is 5.32 Å². The van der Waals surface area contributed by atoms with Crippen molar-refractivity contribution in [1.82, 2.24) is 5.43 Å². The molecule has 0 aliphatic carbocycles. The van der Waals surface area contributed by atoms with Crippen molar-refractivity contribution in [2.24, 2.45) is 5.10 Å². The zero-order valence-electron chi connectivity index (χ0n) is 15.4. The minimum atomic E-state index is -0.325. The fourth-order valence-electron chi connectivity index (χ4n) is 2.71. The third-order valence-corrected chi connectivity index (χ3v) is 4.66. The van der Waals surface area contributed by atoms with E-state index in [9.17, 15) is 9.59 Å². The van der Waals surface area contributed by atoms with E-state index >= 15 is 0 Å². The number of benzene rings is 3. The van der Waals surface area contributed by atoms with Gasteiger partial charge in [0.15, 0.2) is 0 Å². The van der Waals surface area contributed by atoms with E-state index in [0.717, 1.165) is 21.9 Å². The molecule has 5 nitrogen and oxygen atoms in total. The van der Waals surface area contributed by atoms with E-state index in [0.29, 0.717) is 10.7 Å². The topological polar surface area (TPSA) is 70.6 Å². The molecule has 3 aromatic rings. The summed E-state index contributed by atoms with van der Waals surface area (Å²) in [6, 6.07) is 19.1. The SMILES string of the molecule is Cc1ccc(NC(=O)CCC(=O)NN=Cc2cccc3ccccc23)cc1Cl. The molecule has 3 aromatic carbocycles. The molecular formula is C22H20ClN3O2. The molecule has 142 valence electrons. The number of nitrogens with one attached hydrogen (secondary N) is 2. The standard InChI is InChI=1S/C22H20ClN3O2/c1-15-9-10-18(13-20(15)23)25-21(27)11-12-22(28)26-24-14-17-7-4-6-16-5-2-3-8-19(16)17/h2-10,13-14H,11-12H2,1H3,(H,25,27)(H,26,28). The van der Waals surface area contributed by atoms with Crippen LogP contribution in [-0.4, -0.2) is 18.0 Å². The number of amides is 2. The number of rotatable bonds is 6. The van der Waals surface area contributed by atoms with Gasteiger partial charge in [-0.15, -0.1) is 0 Å². The highest BCUT2D eigenvalue weighted by Gasteiger charge is 2.07. The molecule has 2 N–H and O–H groups in total. The quantitative estimate of drug-likeness (QED) is 0.472. The molecule has 0 bridgehead atoms. The first-order valence-corrected chi connectivity index (χ1v) is 9.26. The zero-order chi connectivity index (χ0) is 19.9. The molecule has 0 heterocycles. The van der Waals surface area contributed by atoms with Gasteiger partial charge in [0.05, 0.1) is 6.21 Å². The highest BCUT2D eigenvalue weighted by molar-refractivity contribution is 6.31. The lowest BCUT2D eigenvalue weighted by molar-refractivity contribution is -0.124. The Morgan fingerprint density at radius 2 is 1.75 bits per heavy atom. The number of hydrazone groups is 1. The van der Waals surface area contributed by atoms with Crippen molar-refractivity contribution in [3.63, 3.8) is 0 Å². The van der Waals surface area contributed by atoms with Crippen LogP contribution >= 0.6 is 11.6 Å². The molecule has 0 radical (unpaired) electrons. The number of hydrogen-bond acceptors (Lipinski definition) is 3. The molecule has 0 fully saturated rings. The third kappa shape index (κ3) is 5.18. The van der Waals surface area contributed by atoms with E-state index in [4.69, 9.17) is 11.6 Å². The van der Waals surface area contributed by atoms with Crippen LogP contribution < -0.4 is 10.7 Å². The lowest BCUT2D eigenvalue weighted by Crippen LogP contribution is -2.20. The number of fused-ring (bicyclic) bond motifs is 1. The van der Waals surface area contributed by atoms with Crippen LogP contribution in [0.25, 0.3) is 10.8 Å². The summed E-state index contributed by atoms with van der Waals surface area (Å²) in [5.41, 5.74) is 4.91. The van der Waals surface area contributed by atoms with E-state index in [2.05, 4.69) is 15.8 Å². The zero-order valence-corrected chi connectivity index (χ0v) is 16.2. The Morgan fingerprint density at radius 3 is 2.57 bits per heavy atom. The molecule has 0 aliphatic heterocycles. The van der Waals surface area contributed by atoms with E-state index in [1.807, 2.05) is 55.5 Å². The third-order valence-electron chi connectivity index (χ3n) is 4.25. The molecule has 0 aromatic heterocycles. The molecule has 3 rings (SSSR count). The molecule has 2 amide bonds. The predicted molar refractivity (Wildman–Crippen MR) is 114 cm³/mol. The molecule has 28 heavy (non-hydrogen) atoms. The molecular weight excluding hydrogens is 374 g/mol. The van der Waals surface area contributed by atoms with Gasteiger partial charge in [-0.25, -0.2) is 5.43 Å². The molecule has 0 atom stereocenters. The van der Waals surface area contributed by atoms with Crippen LogP contribution in [0.1, 0.15) is 24.0 Å². The predicted octanol–water partition coefficient (Wildman–Crippen LogP) is 4.67. The fraction of sp³-hybridized carbons (Fsp3) is 0.136. The molecule has 6 heteroatoms. The van der Waals surface area contributed by atoms with Crippen LogP contribution in [0.2, 0.25) is 5.02 Å². The Kier molecular flexibility index (Phi) is 6.40. The van der Waals surface area contributed by atoms with E-state index in [1.54, 1.807) is 18.3 Å². The van der Waals surface area contributed by atoms with Crippen molar-refractivity contribution in [3.05, 3.63) is 76.8 Å². The van der Waals surface area contributed by atoms with Crippen molar-refractivity contribution in [1.29, 1.82) is 0 Å². The van der Waals surface area contributed by atoms with Crippen LogP contribution in [0.15, 0.2) is 65.8 Å². The summed E-state index contributed by atoms with van der Waals surface area (Å²) in [5.74, 6) is -0.582. The smallest absolute Gasteiger partial charge is 0.240 e. The van der Waals surface area contributed by atoms with Gasteiger partial charge in [0, 0.05) is 29.1 Å². The molecule has 0 aliphatic rings. The summed E-state index contributed by atoms with van der Waals surface area (Å²) in [6.45, 7) is 1.89. The summed E-state index contributed by atoms with van der Waals surface area (Å²) in [6.07, 6.45) is 1.70. The van der Waals surface area contributed by atoms with Crippen LogP contribution in [0.4, 0.5) is 5.69 Å². The van der Waals surface area contributed by atoms with Crippen molar-refractivity contribution < 1.29 is 9.59 Å². The minimum Gasteiger partial charge on any atom is -0.326 e. The first kappa shape index (κ1) is 19.6. The summed E-state index contributed by atoms with van der Waals surface area (Å²) in [7, 11) is 0. The Bertz CT molecular complexity index is 1040. The summed E-state index contributed by atoms with van der Waals surface area (Å²) >= 11 is 6.04. The van der Waals surface area contributed by atoms with Crippen LogP contribution in [0.5, 0.6) is 0 Å². The summed E-state index contributed by atoms with van der Waals surface area (Å²) in [5, 5.41) is 9.47. The number of hydrogen-bond donors (Lipinski definition) is 2. The normalized spacial score (nSPS) is 10.9. The molecule has 0 spiro atoms. The summed E-state index contributed by atoms with van der Waals surface area (Å²) < 4.78 is 0. The molecule has 0 unspecified atom stereocenters. The Hall–Kier alpha value is -3.18. The van der Waals surface area contributed by atoms with Crippen LogP contribution in [0, 0.1) is 6.92 Å². The Morgan fingerprint density at radius 1 is 1.00 bits per heavy atom. The van der Waals surface area contributed by atoms with Crippen LogP contribution in [-0.2, 0) is 9.59 Å². The largest absolute Gasteiger partial charge is 0.326 e. The van der Waals surface area contributed by atoms with Crippen molar-refractivity contribution in [2.45, 2.75) is 19.8 Å². The molecule has 0 saturated heterocycles. The Balaban J connectivity index is 1.49. The summed E-state index contributed by atoms with van der Waals surface area (Å²) in [4.78, 5) is 23.9. The number of anilines is 1. The van der Waals surface area contributed by atoms with Gasteiger partial charge in [-0.1, -0.05) is 60.1 Å². The maximum Gasteiger partial charge on any atom is 0.240 e. The van der Waals surface area contributed by atoms with Gasteiger partial charge in [-0.3, -0.25) is 9.59 Å². The maximum absolute atomic E-state index is 12.0. The van der Waals surface area contributed by atoms with Gasteiger partial charge in [0.1, 0.15) is 0 Å². The molecule has 0 saturated carbocycles. The van der Waals surface area contributed by atoms with E-state index < -0.39 is 0 Å². The van der Waals surface area contributed by atoms with Crippen molar-refractivity contribution in [2.75, 3.05) is 5.32 Å². The lowest BCUT2D eigenvalue weighted by atomic mass is 10.1. The first-order valence-electron chi connectivity index (χ1n) is 8.88. The highest BCUT2D eigenvalue weighted by Crippen LogP contribution is 2.20. The van der Waals surface area contributed by atoms with E-state index in [-0.39, 0.29) is 24.7 Å². The highest BCUT2D eigenvalue weighted by atomic mass is 35.5. The average Bonchev–Trinajstić information content (AvgIpc) is 2.69. The van der Waals surface area contributed by atoms with Gasteiger partial charge in [0.2, 0.25) is 11.8 Å². The lowest BCUT2D eigenvalue weighted by Gasteiger charge is -2.06. The number of carbonyl (C=O) groups is 2. The van der Waals surface area contributed by atoms with Crippen molar-refractivity contribution >= 4 is 46.1 Å². The number of aryl methyl sites for hydroxylation is 1. The Labute approximate surface area is 168 Å². The fourth-order valence-corrected chi connectivity index (χ4v) is 2.89. The van der Waals surface area contributed by atoms with Crippen molar-refractivity contribution in [3.8, 4) is 0 Å². The maximum atomic E-state index is 12.0. The van der Waals surface area contributed by atoms with Gasteiger partial charge in [-0.05, 0) is 35.4 Å². The van der Waals surface area contributed by atoms with Gasteiger partial charge >= 0.3 is 0 Å². The number of nitrogens with zero attached hydrogens (tertiary/aromatic N) is 1. The second kappa shape index (κ2) is 9.15. The average molecular weight is 394 g/mol. The first-order chi connectivity index (χ1) is 13.5. The van der Waals surface area contributed by atoms with Crippen LogP contribution in [0.3, 0.4) is 0 Å². The second-order valence-electron chi connectivity index (χ2n) is 6.37. The number of halogens is 1. The van der Waals surface area contributed by atoms with E-state index in [1.165, 1.54) is 0 Å². The van der Waals surface area contributed by atoms with Gasteiger partial charge in [0.25, 0.3) is 0 Å². The minimum absolute atomic E-state index is 0.0400.